The summed E-state index contributed by atoms with van der Waals surface area (Å²) in [6, 6.07) is 1.40. The zero-order valence-electron chi connectivity index (χ0n) is 12.4. The largest absolute Gasteiger partial charge is 0.395 e. The second kappa shape index (κ2) is 6.47. The number of amides is 2. The van der Waals surface area contributed by atoms with E-state index in [9.17, 15) is 19.7 Å². The maximum Gasteiger partial charge on any atom is 0.294 e. The molecule has 0 atom stereocenters. The number of benzene rings is 1. The van der Waals surface area contributed by atoms with Crippen LogP contribution in [0.2, 0.25) is 0 Å². The molecule has 1 heterocycles. The molecule has 9 heteroatoms. The van der Waals surface area contributed by atoms with Gasteiger partial charge in [0.05, 0.1) is 22.5 Å². The number of anilines is 1. The molecule has 2 N–H and O–H groups in total. The minimum Gasteiger partial charge on any atom is -0.395 e. The maximum absolute atomic E-state index is 12.1. The molecule has 0 fully saturated rings. The molecule has 0 bridgehead atoms. The number of nitro benzene ring substituents is 1. The van der Waals surface area contributed by atoms with Gasteiger partial charge < -0.3 is 10.4 Å². The topological polar surface area (TPSA) is 113 Å². The Morgan fingerprint density at radius 1 is 1.39 bits per heavy atom. The molecule has 122 valence electrons. The Bertz CT molecular complexity index is 744. The van der Waals surface area contributed by atoms with Crippen LogP contribution in [0.3, 0.4) is 0 Å². The summed E-state index contributed by atoms with van der Waals surface area (Å²) in [5.74, 6) is -1.21. The van der Waals surface area contributed by atoms with Crippen molar-refractivity contribution in [3.05, 3.63) is 43.6 Å². The van der Waals surface area contributed by atoms with E-state index in [0.29, 0.717) is 4.47 Å². The fraction of sp³-hybridized carbons (Fsp3) is 0.286. The van der Waals surface area contributed by atoms with Gasteiger partial charge in [0.2, 0.25) is 0 Å². The van der Waals surface area contributed by atoms with Gasteiger partial charge in [-0.3, -0.25) is 24.6 Å². The van der Waals surface area contributed by atoms with Crippen LogP contribution in [0.15, 0.2) is 22.3 Å². The summed E-state index contributed by atoms with van der Waals surface area (Å²) in [4.78, 5) is 35.4. The van der Waals surface area contributed by atoms with E-state index in [2.05, 4.69) is 21.2 Å². The van der Waals surface area contributed by atoms with Crippen LogP contribution in [-0.2, 0) is 9.59 Å². The number of aliphatic hydroxyl groups excluding tert-OH is 1. The predicted molar refractivity (Wildman–Crippen MR) is 85.8 cm³/mol. The molecule has 0 aliphatic carbocycles. The van der Waals surface area contributed by atoms with Gasteiger partial charge >= 0.3 is 0 Å². The number of imide groups is 1. The quantitative estimate of drug-likeness (QED) is 0.453. The van der Waals surface area contributed by atoms with Gasteiger partial charge in [-0.25, -0.2) is 0 Å². The number of β-amino-alcohol motifs (C(OH)–C–C–N with tert-alkyl or cyclic N) is 1. The molecule has 0 spiro atoms. The van der Waals surface area contributed by atoms with Crippen LogP contribution in [0, 0.1) is 24.0 Å². The Morgan fingerprint density at radius 3 is 2.61 bits per heavy atom. The molecule has 1 aliphatic rings. The van der Waals surface area contributed by atoms with Crippen LogP contribution < -0.4 is 5.32 Å². The molecule has 2 amide bonds. The molecule has 0 unspecified atom stereocenters. The number of carbonyl (C=O) groups excluding carboxylic acids is 2. The lowest BCUT2D eigenvalue weighted by Gasteiger charge is -2.15. The standard InChI is InChI=1S/C14H14BrN3O5/c1-7-5-10(18(22)23)13(12(15)8(7)2)16-9-6-11(20)17(3-4-19)14(9)21/h5-6,16,19H,3-4H2,1-2H3. The van der Waals surface area contributed by atoms with Crippen LogP contribution in [0.5, 0.6) is 0 Å². The highest BCUT2D eigenvalue weighted by atomic mass is 79.9. The zero-order valence-corrected chi connectivity index (χ0v) is 14.0. The van der Waals surface area contributed by atoms with E-state index in [0.717, 1.165) is 22.1 Å². The van der Waals surface area contributed by atoms with Crippen molar-refractivity contribution in [2.75, 3.05) is 18.5 Å². The Morgan fingerprint density at radius 2 is 2.04 bits per heavy atom. The van der Waals surface area contributed by atoms with E-state index < -0.39 is 16.7 Å². The zero-order chi connectivity index (χ0) is 17.3. The molecule has 0 saturated carbocycles. The second-order valence-corrected chi connectivity index (χ2v) is 5.78. The number of nitrogens with one attached hydrogen (secondary N) is 1. The molecule has 0 aromatic heterocycles. The lowest BCUT2D eigenvalue weighted by atomic mass is 10.1. The Hall–Kier alpha value is -2.26. The Labute approximate surface area is 140 Å². The van der Waals surface area contributed by atoms with Crippen molar-refractivity contribution in [3.8, 4) is 0 Å². The molecule has 1 aliphatic heterocycles. The fourth-order valence-corrected chi connectivity index (χ4v) is 2.78. The molecule has 8 nitrogen and oxygen atoms in total. The summed E-state index contributed by atoms with van der Waals surface area (Å²) in [6.07, 6.45) is 1.06. The van der Waals surface area contributed by atoms with Crippen molar-refractivity contribution in [1.29, 1.82) is 0 Å². The third kappa shape index (κ3) is 3.10. The minimum atomic E-state index is -0.636. The summed E-state index contributed by atoms with van der Waals surface area (Å²) >= 11 is 3.29. The first kappa shape index (κ1) is 17.1. The highest BCUT2D eigenvalue weighted by Gasteiger charge is 2.32. The Balaban J connectivity index is 2.43. The first-order valence-electron chi connectivity index (χ1n) is 6.67. The second-order valence-electron chi connectivity index (χ2n) is 4.99. The summed E-state index contributed by atoms with van der Waals surface area (Å²) in [6.45, 7) is 3.04. The molecule has 1 aromatic carbocycles. The third-order valence-corrected chi connectivity index (χ3v) is 4.53. The van der Waals surface area contributed by atoms with E-state index in [4.69, 9.17) is 5.11 Å². The average Bonchev–Trinajstić information content (AvgIpc) is 2.75. The third-order valence-electron chi connectivity index (χ3n) is 3.54. The number of aliphatic hydroxyl groups is 1. The summed E-state index contributed by atoms with van der Waals surface area (Å²) in [5, 5.41) is 22.8. The summed E-state index contributed by atoms with van der Waals surface area (Å²) in [5.41, 5.74) is 1.33. The van der Waals surface area contributed by atoms with Crippen LogP contribution in [0.4, 0.5) is 11.4 Å². The van der Waals surface area contributed by atoms with Crippen molar-refractivity contribution < 1.29 is 19.6 Å². The van der Waals surface area contributed by atoms with Gasteiger partial charge in [-0.15, -0.1) is 0 Å². The van der Waals surface area contributed by atoms with Gasteiger partial charge in [0, 0.05) is 12.1 Å². The monoisotopic (exact) mass is 383 g/mol. The van der Waals surface area contributed by atoms with Crippen molar-refractivity contribution in [2.45, 2.75) is 13.8 Å². The van der Waals surface area contributed by atoms with Gasteiger partial charge in [-0.1, -0.05) is 0 Å². The number of hydrogen-bond acceptors (Lipinski definition) is 6. The minimum absolute atomic E-state index is 0.0736. The lowest BCUT2D eigenvalue weighted by molar-refractivity contribution is -0.384. The van der Waals surface area contributed by atoms with Crippen LogP contribution in [-0.4, -0.2) is 39.9 Å². The highest BCUT2D eigenvalue weighted by molar-refractivity contribution is 9.10. The number of nitro groups is 1. The number of aryl methyl sites for hydroxylation is 1. The van der Waals surface area contributed by atoms with Crippen molar-refractivity contribution in [1.82, 2.24) is 4.90 Å². The number of carbonyl (C=O) groups is 2. The van der Waals surface area contributed by atoms with Crippen LogP contribution >= 0.6 is 15.9 Å². The van der Waals surface area contributed by atoms with E-state index in [1.165, 1.54) is 6.07 Å². The number of nitrogens with zero attached hydrogens (tertiary/aromatic N) is 2. The first-order valence-corrected chi connectivity index (χ1v) is 7.46. The molecule has 0 saturated heterocycles. The smallest absolute Gasteiger partial charge is 0.294 e. The first-order chi connectivity index (χ1) is 10.8. The van der Waals surface area contributed by atoms with Crippen molar-refractivity contribution in [2.24, 2.45) is 0 Å². The molecular weight excluding hydrogens is 370 g/mol. The molecule has 2 rings (SSSR count). The maximum atomic E-state index is 12.1. The summed E-state index contributed by atoms with van der Waals surface area (Å²) < 4.78 is 0.450. The van der Waals surface area contributed by atoms with E-state index in [1.807, 2.05) is 0 Å². The fourth-order valence-electron chi connectivity index (χ4n) is 2.17. The van der Waals surface area contributed by atoms with Crippen molar-refractivity contribution in [3.63, 3.8) is 0 Å². The van der Waals surface area contributed by atoms with Gasteiger partial charge in [0.15, 0.2) is 0 Å². The normalized spacial score (nSPS) is 14.3. The van der Waals surface area contributed by atoms with Gasteiger partial charge in [0.1, 0.15) is 11.4 Å². The summed E-state index contributed by atoms with van der Waals surface area (Å²) in [7, 11) is 0. The van der Waals surface area contributed by atoms with E-state index >= 15 is 0 Å². The van der Waals surface area contributed by atoms with Crippen molar-refractivity contribution >= 4 is 39.1 Å². The number of halogens is 1. The van der Waals surface area contributed by atoms with Gasteiger partial charge in [0.25, 0.3) is 17.5 Å². The molecular formula is C14H14BrN3O5. The number of rotatable bonds is 5. The molecule has 0 radical (unpaired) electrons. The lowest BCUT2D eigenvalue weighted by Crippen LogP contribution is -2.34. The van der Waals surface area contributed by atoms with E-state index in [1.54, 1.807) is 13.8 Å². The highest BCUT2D eigenvalue weighted by Crippen LogP contribution is 2.38. The number of hydrogen-bond donors (Lipinski definition) is 2. The SMILES string of the molecule is Cc1cc([N+](=O)[O-])c(NC2=CC(=O)N(CCO)C2=O)c(Br)c1C. The molecule has 23 heavy (non-hydrogen) atoms. The Kier molecular flexibility index (Phi) is 4.81. The molecule has 1 aromatic rings. The predicted octanol–water partition coefficient (Wildman–Crippen LogP) is 1.63. The van der Waals surface area contributed by atoms with Gasteiger partial charge in [-0.05, 0) is 40.9 Å². The van der Waals surface area contributed by atoms with Gasteiger partial charge in [-0.2, -0.15) is 0 Å². The van der Waals surface area contributed by atoms with Crippen LogP contribution in [0.25, 0.3) is 0 Å². The average molecular weight is 384 g/mol. The van der Waals surface area contributed by atoms with E-state index in [-0.39, 0.29) is 30.2 Å². The van der Waals surface area contributed by atoms with Crippen LogP contribution in [0.1, 0.15) is 11.1 Å².